The average molecular weight is 394 g/mol. The van der Waals surface area contributed by atoms with Crippen molar-refractivity contribution in [1.29, 1.82) is 5.26 Å². The number of nitrogen functional groups attached to an aromatic ring is 1. The number of aromatic nitrogens is 5. The molecule has 3 heterocycles. The first kappa shape index (κ1) is 18.6. The van der Waals surface area contributed by atoms with E-state index in [2.05, 4.69) is 36.3 Å². The molecule has 0 unspecified atom stereocenters. The van der Waals surface area contributed by atoms with E-state index in [0.717, 1.165) is 19.8 Å². The number of alkyl halides is 2. The van der Waals surface area contributed by atoms with Crippen LogP contribution in [-0.4, -0.2) is 24.9 Å². The molecule has 1 aliphatic rings. The smallest absolute Gasteiger partial charge is 0.286 e. The van der Waals surface area contributed by atoms with E-state index >= 15 is 0 Å². The lowest BCUT2D eigenvalue weighted by Gasteiger charge is -2.12. The third-order valence-electron chi connectivity index (χ3n) is 4.55. The normalized spacial score (nSPS) is 14.8. The third kappa shape index (κ3) is 3.80. The molecule has 3 aromatic rings. The lowest BCUT2D eigenvalue weighted by molar-refractivity contribution is 0.0129. The Balaban J connectivity index is 1.65. The number of pyridine rings is 2. The molecule has 0 spiro atoms. The van der Waals surface area contributed by atoms with E-state index in [4.69, 9.17) is 5.73 Å². The van der Waals surface area contributed by atoms with Crippen LogP contribution in [0.4, 0.5) is 26.4 Å². The van der Waals surface area contributed by atoms with Gasteiger partial charge in [0.15, 0.2) is 5.82 Å². The summed E-state index contributed by atoms with van der Waals surface area (Å²) in [6.45, 7) is 0.767. The van der Waals surface area contributed by atoms with Gasteiger partial charge in [0.05, 0.1) is 17.2 Å². The van der Waals surface area contributed by atoms with Crippen molar-refractivity contribution in [2.45, 2.75) is 31.1 Å². The minimum Gasteiger partial charge on any atom is -0.368 e. The first-order valence-corrected chi connectivity index (χ1v) is 8.81. The zero-order chi connectivity index (χ0) is 20.6. The zero-order valence-electron chi connectivity index (χ0n) is 15.4. The number of halogens is 2. The van der Waals surface area contributed by atoms with Crippen molar-refractivity contribution >= 4 is 17.6 Å². The maximum absolute atomic E-state index is 13.6. The lowest BCUT2D eigenvalue weighted by Crippen LogP contribution is -2.11. The van der Waals surface area contributed by atoms with Gasteiger partial charge < -0.3 is 11.1 Å². The Morgan fingerprint density at radius 2 is 1.97 bits per heavy atom. The summed E-state index contributed by atoms with van der Waals surface area (Å²) in [4.78, 5) is 20.5. The molecule has 0 aromatic carbocycles. The van der Waals surface area contributed by atoms with Crippen LogP contribution in [0.3, 0.4) is 0 Å². The Kier molecular flexibility index (Phi) is 4.30. The highest BCUT2D eigenvalue weighted by molar-refractivity contribution is 5.59. The molecule has 29 heavy (non-hydrogen) atoms. The minimum absolute atomic E-state index is 0.0658. The van der Waals surface area contributed by atoms with Gasteiger partial charge in [-0.1, -0.05) is 6.07 Å². The number of hydrogen-bond acceptors (Lipinski definition) is 8. The van der Waals surface area contributed by atoms with Crippen LogP contribution in [0, 0.1) is 11.3 Å². The number of hydrogen-bond donors (Lipinski definition) is 2. The number of rotatable bonds is 5. The Bertz CT molecular complexity index is 1120. The molecule has 4 rings (SSSR count). The third-order valence-corrected chi connectivity index (χ3v) is 4.55. The van der Waals surface area contributed by atoms with Crippen molar-refractivity contribution in [1.82, 2.24) is 24.9 Å². The second-order valence-corrected chi connectivity index (χ2v) is 6.89. The predicted octanol–water partition coefficient (Wildman–Crippen LogP) is 3.32. The summed E-state index contributed by atoms with van der Waals surface area (Å²) in [5.41, 5.74) is 6.29. The molecule has 0 atom stereocenters. The summed E-state index contributed by atoms with van der Waals surface area (Å²) in [6.07, 6.45) is 3.13. The minimum atomic E-state index is -3.09. The Labute approximate surface area is 164 Å². The average Bonchev–Trinajstić information content (AvgIpc) is 3.49. The molecule has 3 aromatic heterocycles. The molecule has 0 saturated heterocycles. The van der Waals surface area contributed by atoms with Crippen LogP contribution in [0.2, 0.25) is 0 Å². The highest BCUT2D eigenvalue weighted by atomic mass is 19.3. The van der Waals surface area contributed by atoms with Gasteiger partial charge >= 0.3 is 0 Å². The lowest BCUT2D eigenvalue weighted by atomic mass is 10.0. The van der Waals surface area contributed by atoms with Gasteiger partial charge in [-0.15, -0.1) is 0 Å². The van der Waals surface area contributed by atoms with Crippen LogP contribution in [0.15, 0.2) is 36.5 Å². The number of nitrogens with zero attached hydrogens (tertiary/aromatic N) is 6. The number of anilines is 3. The van der Waals surface area contributed by atoms with Gasteiger partial charge in [-0.05, 0) is 37.1 Å². The summed E-state index contributed by atoms with van der Waals surface area (Å²) in [7, 11) is 0. The Hall–Kier alpha value is -3.74. The molecule has 1 aliphatic carbocycles. The van der Waals surface area contributed by atoms with Crippen LogP contribution < -0.4 is 11.1 Å². The van der Waals surface area contributed by atoms with Crippen LogP contribution in [0.1, 0.15) is 31.2 Å². The van der Waals surface area contributed by atoms with Gasteiger partial charge in [-0.25, -0.2) is 4.98 Å². The number of nitriles is 1. The van der Waals surface area contributed by atoms with Gasteiger partial charge in [0.25, 0.3) is 5.92 Å². The number of nitrogens with one attached hydrogen (secondary N) is 1. The first-order chi connectivity index (χ1) is 13.8. The number of nitrogens with two attached hydrogens (primary N) is 1. The van der Waals surface area contributed by atoms with Gasteiger partial charge in [-0.3, -0.25) is 4.98 Å². The molecule has 10 heteroatoms. The molecule has 0 aliphatic heterocycles. The molecular weight excluding hydrogens is 378 g/mol. The second-order valence-electron chi connectivity index (χ2n) is 6.89. The highest BCUT2D eigenvalue weighted by Crippen LogP contribution is 2.47. The summed E-state index contributed by atoms with van der Waals surface area (Å²) in [6, 6.07) is 9.95. The summed E-state index contributed by atoms with van der Waals surface area (Å²) in [5.74, 6) is -2.99. The van der Waals surface area contributed by atoms with Crippen LogP contribution in [-0.2, 0) is 11.3 Å². The highest BCUT2D eigenvalue weighted by Gasteiger charge is 2.46. The van der Waals surface area contributed by atoms with Gasteiger partial charge in [0, 0.05) is 18.8 Å². The molecule has 1 fully saturated rings. The topological polar surface area (TPSA) is 126 Å². The molecular formula is C19H16F2N8. The molecule has 1 saturated carbocycles. The zero-order valence-corrected chi connectivity index (χ0v) is 15.4. The summed E-state index contributed by atoms with van der Waals surface area (Å²) in [5, 5.41) is 12.3. The van der Waals surface area contributed by atoms with Crippen molar-refractivity contribution in [2.75, 3.05) is 11.1 Å². The van der Waals surface area contributed by atoms with Crippen molar-refractivity contribution < 1.29 is 8.78 Å². The van der Waals surface area contributed by atoms with Crippen molar-refractivity contribution in [3.05, 3.63) is 47.9 Å². The maximum atomic E-state index is 13.6. The summed E-state index contributed by atoms with van der Waals surface area (Å²) >= 11 is 0. The van der Waals surface area contributed by atoms with Crippen molar-refractivity contribution in [2.24, 2.45) is 0 Å². The second kappa shape index (κ2) is 6.70. The standard InChI is InChI=1S/C19H16F2N8/c1-18(20,21)13-4-2-3-12(26-13)15-27-16(23)29-17(28-15)25-11-5-8-24-14(9-11)19(10-22)6-7-19/h2-5,8-9H,6-7H2,1H3,(H3,23,24,25,27,28,29). The van der Waals surface area contributed by atoms with Gasteiger partial charge in [0.2, 0.25) is 11.9 Å². The fraction of sp³-hybridized carbons (Fsp3) is 0.263. The van der Waals surface area contributed by atoms with Gasteiger partial charge in [0.1, 0.15) is 11.4 Å². The fourth-order valence-corrected chi connectivity index (χ4v) is 2.82. The fourth-order valence-electron chi connectivity index (χ4n) is 2.82. The SMILES string of the molecule is CC(F)(F)c1cccc(-c2nc(N)nc(Nc3ccnc(C4(C#N)CC4)c3)n2)n1. The molecule has 0 amide bonds. The van der Waals surface area contributed by atoms with E-state index in [0.29, 0.717) is 11.4 Å². The molecule has 0 bridgehead atoms. The molecule has 146 valence electrons. The van der Waals surface area contributed by atoms with Gasteiger partial charge in [-0.2, -0.15) is 29.0 Å². The van der Waals surface area contributed by atoms with E-state index in [9.17, 15) is 14.0 Å². The Morgan fingerprint density at radius 1 is 1.17 bits per heavy atom. The monoisotopic (exact) mass is 394 g/mol. The van der Waals surface area contributed by atoms with E-state index in [1.54, 1.807) is 18.3 Å². The maximum Gasteiger partial charge on any atom is 0.286 e. The molecule has 8 nitrogen and oxygen atoms in total. The molecule has 0 radical (unpaired) electrons. The van der Waals surface area contributed by atoms with Crippen molar-refractivity contribution in [3.8, 4) is 17.6 Å². The van der Waals surface area contributed by atoms with Crippen LogP contribution in [0.5, 0.6) is 0 Å². The Morgan fingerprint density at radius 3 is 2.66 bits per heavy atom. The first-order valence-electron chi connectivity index (χ1n) is 8.81. The van der Waals surface area contributed by atoms with E-state index < -0.39 is 17.0 Å². The van der Waals surface area contributed by atoms with E-state index in [1.807, 2.05) is 0 Å². The molecule has 3 N–H and O–H groups in total. The van der Waals surface area contributed by atoms with Crippen LogP contribution >= 0.6 is 0 Å². The quantitative estimate of drug-likeness (QED) is 0.675. The predicted molar refractivity (Wildman–Crippen MR) is 101 cm³/mol. The van der Waals surface area contributed by atoms with E-state index in [-0.39, 0.29) is 23.4 Å². The van der Waals surface area contributed by atoms with Crippen molar-refractivity contribution in [3.63, 3.8) is 0 Å². The van der Waals surface area contributed by atoms with E-state index in [1.165, 1.54) is 18.2 Å². The largest absolute Gasteiger partial charge is 0.368 e. The van der Waals surface area contributed by atoms with Crippen LogP contribution in [0.25, 0.3) is 11.5 Å². The summed E-state index contributed by atoms with van der Waals surface area (Å²) < 4.78 is 27.2.